The zero-order valence-corrected chi connectivity index (χ0v) is 17.9. The quantitative estimate of drug-likeness (QED) is 0.135. The first-order valence-electron chi connectivity index (χ1n) is 10.7. The average molecular weight is 415 g/mol. The van der Waals surface area contributed by atoms with Gasteiger partial charge in [0, 0.05) is 30.6 Å². The molecule has 0 spiro atoms. The number of fused-ring (bicyclic) bond motifs is 2. The van der Waals surface area contributed by atoms with Gasteiger partial charge in [0.2, 0.25) is 0 Å². The number of ether oxygens (including phenoxy) is 1. The zero-order valence-electron chi connectivity index (χ0n) is 17.9. The lowest BCUT2D eigenvalue weighted by molar-refractivity contribution is 0.0737. The van der Waals surface area contributed by atoms with E-state index in [2.05, 4.69) is 54.6 Å². The monoisotopic (exact) mass is 415 g/mol. The average Bonchev–Trinajstić information content (AvgIpc) is 2.83. The smallest absolute Gasteiger partial charge is 0.343 e. The second-order valence-corrected chi connectivity index (χ2v) is 8.38. The summed E-state index contributed by atoms with van der Waals surface area (Å²) in [6, 6.07) is 30.5. The van der Waals surface area contributed by atoms with Crippen LogP contribution < -0.4 is 9.64 Å². The standard InChI is InChI=1S/C29H21NO2/c1-30(2)21-15-12-20(13-16-21)29(31)32-25-17-14-19-8-4-10-23-22-9-3-6-18-7-5-11-24(26(18)22)28(25)27(19)23/h3-17H,1-2H3. The van der Waals surface area contributed by atoms with Crippen molar-refractivity contribution in [3.8, 4) is 5.75 Å². The van der Waals surface area contributed by atoms with Crippen molar-refractivity contribution in [2.24, 2.45) is 0 Å². The van der Waals surface area contributed by atoms with Crippen molar-refractivity contribution in [3.05, 3.63) is 96.6 Å². The summed E-state index contributed by atoms with van der Waals surface area (Å²) in [7, 11) is 3.95. The van der Waals surface area contributed by atoms with E-state index >= 15 is 0 Å². The first kappa shape index (κ1) is 18.6. The molecule has 0 aliphatic heterocycles. The first-order valence-corrected chi connectivity index (χ1v) is 10.7. The molecule has 0 unspecified atom stereocenters. The van der Waals surface area contributed by atoms with Crippen LogP contribution in [0.3, 0.4) is 0 Å². The molecule has 154 valence electrons. The number of hydrogen-bond acceptors (Lipinski definition) is 3. The minimum atomic E-state index is -0.352. The van der Waals surface area contributed by atoms with Gasteiger partial charge in [-0.05, 0) is 62.6 Å². The van der Waals surface area contributed by atoms with Crippen molar-refractivity contribution in [2.75, 3.05) is 19.0 Å². The molecular weight excluding hydrogens is 394 g/mol. The molecular formula is C29H21NO2. The van der Waals surface area contributed by atoms with E-state index in [0.717, 1.165) is 27.2 Å². The Balaban J connectivity index is 1.59. The molecule has 0 saturated carbocycles. The van der Waals surface area contributed by atoms with Gasteiger partial charge in [-0.25, -0.2) is 4.79 Å². The molecule has 0 aliphatic carbocycles. The normalized spacial score (nSPS) is 11.6. The number of carbonyl (C=O) groups excluding carboxylic acids is 1. The molecule has 6 rings (SSSR count). The maximum Gasteiger partial charge on any atom is 0.343 e. The van der Waals surface area contributed by atoms with Crippen molar-refractivity contribution >= 4 is 54.7 Å². The van der Waals surface area contributed by atoms with E-state index in [0.29, 0.717) is 11.3 Å². The highest BCUT2D eigenvalue weighted by atomic mass is 16.5. The molecule has 0 aliphatic rings. The predicted molar refractivity (Wildman–Crippen MR) is 133 cm³/mol. The topological polar surface area (TPSA) is 29.5 Å². The van der Waals surface area contributed by atoms with E-state index < -0.39 is 0 Å². The van der Waals surface area contributed by atoms with Gasteiger partial charge in [-0.3, -0.25) is 0 Å². The van der Waals surface area contributed by atoms with Crippen LogP contribution in [-0.2, 0) is 0 Å². The van der Waals surface area contributed by atoms with E-state index in [1.165, 1.54) is 21.5 Å². The molecule has 0 bridgehead atoms. The van der Waals surface area contributed by atoms with Crippen molar-refractivity contribution in [3.63, 3.8) is 0 Å². The third kappa shape index (κ3) is 2.71. The number of benzene rings is 6. The van der Waals surface area contributed by atoms with Gasteiger partial charge in [0.25, 0.3) is 0 Å². The Hall–Kier alpha value is -4.11. The van der Waals surface area contributed by atoms with Crippen LogP contribution in [-0.4, -0.2) is 20.1 Å². The molecule has 0 heterocycles. The molecule has 0 saturated heterocycles. The molecule has 0 atom stereocenters. The van der Waals surface area contributed by atoms with Crippen LogP contribution in [0.15, 0.2) is 91.0 Å². The van der Waals surface area contributed by atoms with Crippen molar-refractivity contribution in [2.45, 2.75) is 0 Å². The summed E-state index contributed by atoms with van der Waals surface area (Å²) >= 11 is 0. The second-order valence-electron chi connectivity index (χ2n) is 8.38. The Kier molecular flexibility index (Phi) is 4.05. The maximum absolute atomic E-state index is 13.1. The van der Waals surface area contributed by atoms with Crippen molar-refractivity contribution in [1.29, 1.82) is 0 Å². The molecule has 32 heavy (non-hydrogen) atoms. The van der Waals surface area contributed by atoms with Gasteiger partial charge in [0.1, 0.15) is 5.75 Å². The molecule has 0 radical (unpaired) electrons. The van der Waals surface area contributed by atoms with Gasteiger partial charge in [0.05, 0.1) is 5.56 Å². The third-order valence-corrected chi connectivity index (χ3v) is 6.29. The van der Waals surface area contributed by atoms with Gasteiger partial charge < -0.3 is 9.64 Å². The van der Waals surface area contributed by atoms with Crippen molar-refractivity contribution in [1.82, 2.24) is 0 Å². The van der Waals surface area contributed by atoms with Crippen LogP contribution >= 0.6 is 0 Å². The van der Waals surface area contributed by atoms with Crippen LogP contribution in [0.2, 0.25) is 0 Å². The Labute approximate surface area is 185 Å². The molecule has 0 N–H and O–H groups in total. The minimum Gasteiger partial charge on any atom is -0.422 e. The lowest BCUT2D eigenvalue weighted by Gasteiger charge is -2.17. The number of esters is 1. The van der Waals surface area contributed by atoms with Gasteiger partial charge in [-0.2, -0.15) is 0 Å². The van der Waals surface area contributed by atoms with Gasteiger partial charge in [-0.1, -0.05) is 60.7 Å². The Morgan fingerprint density at radius 1 is 0.625 bits per heavy atom. The van der Waals surface area contributed by atoms with E-state index in [1.807, 2.05) is 55.4 Å². The number of anilines is 1. The molecule has 3 heteroatoms. The number of hydrogen-bond donors (Lipinski definition) is 0. The molecule has 6 aromatic carbocycles. The highest BCUT2D eigenvalue weighted by molar-refractivity contribution is 6.34. The van der Waals surface area contributed by atoms with E-state index in [-0.39, 0.29) is 5.97 Å². The lowest BCUT2D eigenvalue weighted by atomic mass is 9.89. The summed E-state index contributed by atoms with van der Waals surface area (Å²) in [5.74, 6) is 0.239. The Morgan fingerprint density at radius 3 is 1.88 bits per heavy atom. The van der Waals surface area contributed by atoms with E-state index in [9.17, 15) is 4.79 Å². The SMILES string of the molecule is CN(C)c1ccc(C(=O)Oc2ccc3cccc4c5cccc6cccc(c2c34)c65)cc1. The fourth-order valence-corrected chi connectivity index (χ4v) is 4.77. The molecule has 6 aromatic rings. The van der Waals surface area contributed by atoms with Crippen LogP contribution in [0.4, 0.5) is 5.69 Å². The lowest BCUT2D eigenvalue weighted by Crippen LogP contribution is -2.11. The summed E-state index contributed by atoms with van der Waals surface area (Å²) < 4.78 is 6.01. The van der Waals surface area contributed by atoms with Gasteiger partial charge in [0.15, 0.2) is 0 Å². The summed E-state index contributed by atoms with van der Waals surface area (Å²) in [6.07, 6.45) is 0. The molecule has 0 aromatic heterocycles. The van der Waals surface area contributed by atoms with Gasteiger partial charge >= 0.3 is 5.97 Å². The summed E-state index contributed by atoms with van der Waals surface area (Å²) in [5.41, 5.74) is 1.57. The Morgan fingerprint density at radius 2 is 1.22 bits per heavy atom. The highest BCUT2D eigenvalue weighted by Gasteiger charge is 2.18. The Bertz CT molecular complexity index is 1630. The fourth-order valence-electron chi connectivity index (χ4n) is 4.77. The van der Waals surface area contributed by atoms with Crippen molar-refractivity contribution < 1.29 is 9.53 Å². The number of nitrogens with zero attached hydrogens (tertiary/aromatic N) is 1. The molecule has 0 amide bonds. The van der Waals surface area contributed by atoms with Crippen LogP contribution in [0.5, 0.6) is 5.75 Å². The summed E-state index contributed by atoms with van der Waals surface area (Å²) in [5, 5.41) is 9.14. The molecule has 3 nitrogen and oxygen atoms in total. The third-order valence-electron chi connectivity index (χ3n) is 6.29. The minimum absolute atomic E-state index is 0.352. The van der Waals surface area contributed by atoms with Gasteiger partial charge in [-0.15, -0.1) is 0 Å². The maximum atomic E-state index is 13.1. The van der Waals surface area contributed by atoms with Crippen LogP contribution in [0.25, 0.3) is 43.1 Å². The van der Waals surface area contributed by atoms with E-state index in [1.54, 1.807) is 0 Å². The number of rotatable bonds is 3. The zero-order chi connectivity index (χ0) is 21.8. The summed E-state index contributed by atoms with van der Waals surface area (Å²) in [6.45, 7) is 0. The summed E-state index contributed by atoms with van der Waals surface area (Å²) in [4.78, 5) is 15.1. The first-order chi connectivity index (χ1) is 15.6. The molecule has 0 fully saturated rings. The fraction of sp³-hybridized carbons (Fsp3) is 0.0690. The van der Waals surface area contributed by atoms with Crippen LogP contribution in [0.1, 0.15) is 10.4 Å². The van der Waals surface area contributed by atoms with Crippen LogP contribution in [0, 0.1) is 0 Å². The highest BCUT2D eigenvalue weighted by Crippen LogP contribution is 2.43. The number of carbonyl (C=O) groups is 1. The van der Waals surface area contributed by atoms with E-state index in [4.69, 9.17) is 4.74 Å². The predicted octanol–water partition coefficient (Wildman–Crippen LogP) is 7.02. The largest absolute Gasteiger partial charge is 0.422 e. The second kappa shape index (κ2) is 6.96.